The van der Waals surface area contributed by atoms with Crippen LogP contribution in [-0.4, -0.2) is 94.3 Å². The van der Waals surface area contributed by atoms with Gasteiger partial charge in [-0.3, -0.25) is 14.6 Å². The van der Waals surface area contributed by atoms with Crippen LogP contribution in [0.5, 0.6) is 0 Å². The number of piperidine rings is 1. The summed E-state index contributed by atoms with van der Waals surface area (Å²) < 4.78 is 44.5. The maximum atomic E-state index is 13.1. The molecule has 1 N–H and O–H groups in total. The molecule has 1 aromatic rings. The van der Waals surface area contributed by atoms with E-state index in [0.29, 0.717) is 32.5 Å². The first-order valence-electron chi connectivity index (χ1n) is 14.6. The average Bonchev–Trinajstić information content (AvgIpc) is 3.33. The Morgan fingerprint density at radius 3 is 2.20 bits per heavy atom. The largest absolute Gasteiger partial charge is 0.465 e. The van der Waals surface area contributed by atoms with Gasteiger partial charge in [-0.1, -0.05) is 17.7 Å². The number of fused-ring (bicyclic) bond motifs is 1. The predicted molar refractivity (Wildman–Crippen MR) is 150 cm³/mol. The number of ether oxygens (including phenoxy) is 3. The van der Waals surface area contributed by atoms with E-state index < -0.39 is 40.2 Å². The van der Waals surface area contributed by atoms with E-state index in [2.05, 4.69) is 9.62 Å². The van der Waals surface area contributed by atoms with E-state index >= 15 is 0 Å². The van der Waals surface area contributed by atoms with Gasteiger partial charge in [-0.05, 0) is 82.8 Å². The highest BCUT2D eigenvalue weighted by Crippen LogP contribution is 2.42. The van der Waals surface area contributed by atoms with Crippen molar-refractivity contribution < 1.29 is 37.0 Å². The van der Waals surface area contributed by atoms with Gasteiger partial charge in [0.15, 0.2) is 0 Å². The minimum absolute atomic E-state index is 0.196. The van der Waals surface area contributed by atoms with Crippen molar-refractivity contribution >= 4 is 28.1 Å². The lowest BCUT2D eigenvalue weighted by Gasteiger charge is -2.46. The summed E-state index contributed by atoms with van der Waals surface area (Å²) in [6.07, 6.45) is 2.97. The predicted octanol–water partition coefficient (Wildman–Crippen LogP) is 2.72. The van der Waals surface area contributed by atoms with Crippen molar-refractivity contribution in [2.45, 2.75) is 75.9 Å². The van der Waals surface area contributed by atoms with E-state index in [1.807, 2.05) is 6.92 Å². The molecule has 1 aliphatic carbocycles. The third kappa shape index (κ3) is 7.39. The summed E-state index contributed by atoms with van der Waals surface area (Å²) in [5.41, 5.74) is 0.970. The lowest BCUT2D eigenvalue weighted by atomic mass is 9.69. The molecule has 4 rings (SSSR count). The highest BCUT2D eigenvalue weighted by atomic mass is 32.2. The number of rotatable bonds is 9. The molecule has 2 heterocycles. The Morgan fingerprint density at radius 2 is 1.56 bits per heavy atom. The number of hydrogen-bond donors (Lipinski definition) is 1. The normalized spacial score (nSPS) is 28.5. The minimum atomic E-state index is -3.74. The molecule has 1 aromatic carbocycles. The number of likely N-dealkylation sites (tertiary alicyclic amines) is 2. The Balaban J connectivity index is 1.44. The summed E-state index contributed by atoms with van der Waals surface area (Å²) in [7, 11) is -2.43. The molecule has 6 atom stereocenters. The zero-order chi connectivity index (χ0) is 29.7. The maximum Gasteiger partial charge on any atom is 0.410 e. The molecule has 0 spiro atoms. The van der Waals surface area contributed by atoms with Crippen LogP contribution in [0, 0.1) is 24.7 Å². The van der Waals surface area contributed by atoms with Gasteiger partial charge >= 0.3 is 18.0 Å². The molecule has 0 aromatic heterocycles. The molecule has 2 aliphatic heterocycles. The average molecular weight is 594 g/mol. The monoisotopic (exact) mass is 593 g/mol. The van der Waals surface area contributed by atoms with Gasteiger partial charge in [0.05, 0.1) is 25.2 Å². The minimum Gasteiger partial charge on any atom is -0.465 e. The Labute approximate surface area is 242 Å². The second-order valence-electron chi connectivity index (χ2n) is 11.4. The zero-order valence-electron chi connectivity index (χ0n) is 24.4. The molecule has 11 nitrogen and oxygen atoms in total. The van der Waals surface area contributed by atoms with Crippen molar-refractivity contribution in [3.05, 3.63) is 29.8 Å². The van der Waals surface area contributed by atoms with Gasteiger partial charge in [-0.2, -0.15) is 0 Å². The van der Waals surface area contributed by atoms with Gasteiger partial charge in [0.2, 0.25) is 10.0 Å². The Bertz CT molecular complexity index is 1190. The van der Waals surface area contributed by atoms with Crippen molar-refractivity contribution in [3.63, 3.8) is 0 Å². The van der Waals surface area contributed by atoms with E-state index in [1.54, 1.807) is 38.1 Å². The lowest BCUT2D eigenvalue weighted by Crippen LogP contribution is -2.55. The number of sulfonamides is 1. The molecule has 2 saturated heterocycles. The van der Waals surface area contributed by atoms with Crippen LogP contribution >= 0.6 is 0 Å². The molecule has 12 heteroatoms. The lowest BCUT2D eigenvalue weighted by molar-refractivity contribution is -0.153. The van der Waals surface area contributed by atoms with E-state index in [0.717, 1.165) is 24.8 Å². The number of carbonyl (C=O) groups excluding carboxylic acids is 3. The SMILES string of the molecule is CCOC(=O)C1CC(NS(=O)(=O)c2ccc(C)cc2)CN1CC1CCC2CN(C(=O)OC)C(C(=O)OCC)CC2C1. The van der Waals surface area contributed by atoms with Crippen LogP contribution in [0.1, 0.15) is 51.5 Å². The Hall–Kier alpha value is -2.70. The second kappa shape index (κ2) is 13.5. The van der Waals surface area contributed by atoms with Gasteiger partial charge in [-0.15, -0.1) is 0 Å². The molecule has 0 radical (unpaired) electrons. The fraction of sp³-hybridized carbons (Fsp3) is 0.690. The molecule has 41 heavy (non-hydrogen) atoms. The maximum absolute atomic E-state index is 13.1. The molecule has 6 unspecified atom stereocenters. The smallest absolute Gasteiger partial charge is 0.410 e. The summed E-state index contributed by atoms with van der Waals surface area (Å²) in [6, 6.07) is 5.05. The number of hydrogen-bond acceptors (Lipinski definition) is 9. The van der Waals surface area contributed by atoms with Gasteiger partial charge in [0.25, 0.3) is 0 Å². The second-order valence-corrected chi connectivity index (χ2v) is 13.1. The number of nitrogens with one attached hydrogen (secondary N) is 1. The molecule has 3 fully saturated rings. The molecule has 1 amide bonds. The van der Waals surface area contributed by atoms with Crippen molar-refractivity contribution in [1.82, 2.24) is 14.5 Å². The van der Waals surface area contributed by atoms with Crippen LogP contribution in [0.4, 0.5) is 4.79 Å². The highest BCUT2D eigenvalue weighted by Gasteiger charge is 2.46. The molecule has 0 bridgehead atoms. The van der Waals surface area contributed by atoms with E-state index in [1.165, 1.54) is 12.0 Å². The third-order valence-electron chi connectivity index (χ3n) is 8.66. The summed E-state index contributed by atoms with van der Waals surface area (Å²) >= 11 is 0. The van der Waals surface area contributed by atoms with Gasteiger partial charge < -0.3 is 14.2 Å². The van der Waals surface area contributed by atoms with Crippen LogP contribution in [0.2, 0.25) is 0 Å². The highest BCUT2D eigenvalue weighted by molar-refractivity contribution is 7.89. The van der Waals surface area contributed by atoms with Crippen LogP contribution in [0.3, 0.4) is 0 Å². The number of methoxy groups -OCH3 is 1. The Kier molecular flexibility index (Phi) is 10.3. The number of benzene rings is 1. The van der Waals surface area contributed by atoms with Crippen LogP contribution in [-0.2, 0) is 33.8 Å². The molecule has 228 valence electrons. The number of aryl methyl sites for hydroxylation is 1. The van der Waals surface area contributed by atoms with E-state index in [-0.39, 0.29) is 41.8 Å². The summed E-state index contributed by atoms with van der Waals surface area (Å²) in [5.74, 6) is -0.0164. The zero-order valence-corrected chi connectivity index (χ0v) is 25.2. The molecular weight excluding hydrogens is 550 g/mol. The number of nitrogens with zero attached hydrogens (tertiary/aromatic N) is 2. The molecule has 1 saturated carbocycles. The quantitative estimate of drug-likeness (QED) is 0.339. The first-order chi connectivity index (χ1) is 19.6. The van der Waals surface area contributed by atoms with Crippen LogP contribution < -0.4 is 4.72 Å². The molecule has 3 aliphatic rings. The van der Waals surface area contributed by atoms with Crippen molar-refractivity contribution in [1.29, 1.82) is 0 Å². The number of amides is 1. The van der Waals surface area contributed by atoms with Gasteiger partial charge in [0.1, 0.15) is 12.1 Å². The summed E-state index contributed by atoms with van der Waals surface area (Å²) in [6.45, 7) is 7.37. The van der Waals surface area contributed by atoms with Crippen molar-refractivity contribution in [2.24, 2.45) is 17.8 Å². The fourth-order valence-corrected chi connectivity index (χ4v) is 7.94. The van der Waals surface area contributed by atoms with Crippen molar-refractivity contribution in [3.8, 4) is 0 Å². The van der Waals surface area contributed by atoms with E-state index in [9.17, 15) is 22.8 Å². The van der Waals surface area contributed by atoms with Gasteiger partial charge in [-0.25, -0.2) is 22.7 Å². The summed E-state index contributed by atoms with van der Waals surface area (Å²) in [5, 5.41) is 0. The number of carbonyl (C=O) groups is 3. The third-order valence-corrected chi connectivity index (χ3v) is 10.2. The fourth-order valence-electron chi connectivity index (χ4n) is 6.70. The van der Waals surface area contributed by atoms with Crippen LogP contribution in [0.15, 0.2) is 29.2 Å². The van der Waals surface area contributed by atoms with Gasteiger partial charge in [0, 0.05) is 25.7 Å². The number of esters is 2. The van der Waals surface area contributed by atoms with E-state index in [4.69, 9.17) is 14.2 Å². The first-order valence-corrected chi connectivity index (χ1v) is 16.0. The van der Waals surface area contributed by atoms with Crippen molar-refractivity contribution in [2.75, 3.05) is 40.0 Å². The molecular formula is C29H43N3O8S. The topological polar surface area (TPSA) is 132 Å². The van der Waals surface area contributed by atoms with Crippen LogP contribution in [0.25, 0.3) is 0 Å². The Morgan fingerprint density at radius 1 is 0.902 bits per heavy atom. The summed E-state index contributed by atoms with van der Waals surface area (Å²) in [4.78, 5) is 41.8. The first kappa shape index (κ1) is 31.2. The standard InChI is InChI=1S/C29H43N3O8S/c1-5-39-27(33)25-15-23(30-41(36,37)24-11-7-19(3)8-12-24)18-31(25)16-20-9-10-21-17-32(29(35)38-4)26(14-22(21)13-20)28(34)40-6-2/h7-8,11-12,20-23,25-26,30H,5-6,9-10,13-18H2,1-4H3.